The number of halogens is 2. The number of guanidine groups is 1. The van der Waals surface area contributed by atoms with Crippen LogP contribution in [0, 0.1) is 18.6 Å². The molecule has 3 rings (SSSR count). The Kier molecular flexibility index (Phi) is 3.33. The molecule has 0 radical (unpaired) electrons. The Morgan fingerprint density at radius 1 is 1.19 bits per heavy atom. The number of aryl methyl sites for hydroxylation is 1. The Bertz CT molecular complexity index is 712. The zero-order chi connectivity index (χ0) is 15.0. The van der Waals surface area contributed by atoms with Gasteiger partial charge in [-0.25, -0.2) is 8.78 Å². The van der Waals surface area contributed by atoms with Crippen LogP contribution < -0.4 is 10.6 Å². The van der Waals surface area contributed by atoms with Crippen molar-refractivity contribution >= 4 is 11.6 Å². The van der Waals surface area contributed by atoms with E-state index in [-0.39, 0.29) is 5.56 Å². The number of aliphatic imine (C=N–C) groups is 1. The van der Waals surface area contributed by atoms with Crippen molar-refractivity contribution in [2.45, 2.75) is 13.0 Å². The number of hydrogen-bond acceptors (Lipinski definition) is 3. The minimum absolute atomic E-state index is 0.265. The number of anilines is 1. The zero-order valence-corrected chi connectivity index (χ0v) is 11.6. The summed E-state index contributed by atoms with van der Waals surface area (Å²) < 4.78 is 27.5. The molecular formula is C16H15F2N3. The smallest absolute Gasteiger partial charge is 0.196 e. The zero-order valence-electron chi connectivity index (χ0n) is 11.6. The summed E-state index contributed by atoms with van der Waals surface area (Å²) in [5, 5.41) is 0. The van der Waals surface area contributed by atoms with Crippen LogP contribution in [0.1, 0.15) is 17.2 Å². The van der Waals surface area contributed by atoms with Gasteiger partial charge in [0.05, 0.1) is 12.6 Å². The SMILES string of the molecule is Cc1cccc(N2C(N)=NCC2c2cccc(F)c2F)c1. The molecule has 0 spiro atoms. The van der Waals surface area contributed by atoms with Crippen LogP contribution in [0.5, 0.6) is 0 Å². The van der Waals surface area contributed by atoms with Crippen molar-refractivity contribution < 1.29 is 8.78 Å². The predicted molar refractivity (Wildman–Crippen MR) is 79.2 cm³/mol. The van der Waals surface area contributed by atoms with Crippen molar-refractivity contribution in [2.75, 3.05) is 11.4 Å². The van der Waals surface area contributed by atoms with Gasteiger partial charge in [0.15, 0.2) is 17.6 Å². The molecule has 1 unspecified atom stereocenters. The van der Waals surface area contributed by atoms with Crippen LogP contribution in [0.3, 0.4) is 0 Å². The molecule has 2 aromatic rings. The lowest BCUT2D eigenvalue weighted by Crippen LogP contribution is -2.36. The predicted octanol–water partition coefficient (Wildman–Crippen LogP) is 3.15. The molecule has 2 N–H and O–H groups in total. The van der Waals surface area contributed by atoms with E-state index in [0.29, 0.717) is 12.5 Å². The molecule has 3 nitrogen and oxygen atoms in total. The summed E-state index contributed by atoms with van der Waals surface area (Å²) in [5.41, 5.74) is 8.08. The molecular weight excluding hydrogens is 272 g/mol. The van der Waals surface area contributed by atoms with Crippen molar-refractivity contribution in [3.63, 3.8) is 0 Å². The van der Waals surface area contributed by atoms with Gasteiger partial charge in [0.25, 0.3) is 0 Å². The highest BCUT2D eigenvalue weighted by molar-refractivity contribution is 5.97. The Labute approximate surface area is 121 Å². The molecule has 0 amide bonds. The first kappa shape index (κ1) is 13.5. The Morgan fingerprint density at radius 2 is 1.95 bits per heavy atom. The topological polar surface area (TPSA) is 41.6 Å². The molecule has 1 aliphatic heterocycles. The van der Waals surface area contributed by atoms with E-state index in [2.05, 4.69) is 4.99 Å². The summed E-state index contributed by atoms with van der Waals surface area (Å²) in [7, 11) is 0. The lowest BCUT2D eigenvalue weighted by molar-refractivity contribution is 0.491. The second kappa shape index (κ2) is 5.16. The molecule has 0 aromatic heterocycles. The quantitative estimate of drug-likeness (QED) is 0.922. The highest BCUT2D eigenvalue weighted by Gasteiger charge is 2.31. The number of nitrogens with two attached hydrogens (primary N) is 1. The molecule has 108 valence electrons. The van der Waals surface area contributed by atoms with Crippen LogP contribution in [0.4, 0.5) is 14.5 Å². The molecule has 5 heteroatoms. The summed E-state index contributed by atoms with van der Waals surface area (Å²) >= 11 is 0. The van der Waals surface area contributed by atoms with Gasteiger partial charge in [0.2, 0.25) is 0 Å². The summed E-state index contributed by atoms with van der Waals surface area (Å²) in [4.78, 5) is 5.92. The van der Waals surface area contributed by atoms with Gasteiger partial charge in [-0.3, -0.25) is 4.99 Å². The van der Waals surface area contributed by atoms with Gasteiger partial charge in [-0.05, 0) is 30.7 Å². The van der Waals surface area contributed by atoms with E-state index in [1.807, 2.05) is 31.2 Å². The van der Waals surface area contributed by atoms with Gasteiger partial charge < -0.3 is 10.6 Å². The molecule has 1 aliphatic rings. The van der Waals surface area contributed by atoms with E-state index in [9.17, 15) is 8.78 Å². The van der Waals surface area contributed by atoms with Crippen LogP contribution in [-0.4, -0.2) is 12.5 Å². The number of hydrogen-bond donors (Lipinski definition) is 1. The van der Waals surface area contributed by atoms with Gasteiger partial charge in [0, 0.05) is 11.3 Å². The fraction of sp³-hybridized carbons (Fsp3) is 0.188. The fourth-order valence-electron chi connectivity index (χ4n) is 2.60. The summed E-state index contributed by atoms with van der Waals surface area (Å²) in [6.07, 6.45) is 0. The maximum atomic E-state index is 14.1. The van der Waals surface area contributed by atoms with Gasteiger partial charge in [-0.1, -0.05) is 24.3 Å². The highest BCUT2D eigenvalue weighted by Crippen LogP contribution is 2.33. The standard InChI is InChI=1S/C16H15F2N3/c1-10-4-2-5-11(8-10)21-14(9-20-16(21)19)12-6-3-7-13(17)15(12)18/h2-8,14H,9H2,1H3,(H2,19,20). The molecule has 21 heavy (non-hydrogen) atoms. The van der Waals surface area contributed by atoms with Crippen molar-refractivity contribution in [1.29, 1.82) is 0 Å². The third-order valence-electron chi connectivity index (χ3n) is 3.61. The minimum Gasteiger partial charge on any atom is -0.369 e. The molecule has 0 aliphatic carbocycles. The molecule has 0 bridgehead atoms. The Hall–Kier alpha value is -2.43. The van der Waals surface area contributed by atoms with Crippen LogP contribution in [0.25, 0.3) is 0 Å². The Balaban J connectivity index is 2.05. The van der Waals surface area contributed by atoms with E-state index < -0.39 is 17.7 Å². The molecule has 1 atom stereocenters. The van der Waals surface area contributed by atoms with E-state index in [1.165, 1.54) is 6.07 Å². The average Bonchev–Trinajstić information content (AvgIpc) is 2.83. The van der Waals surface area contributed by atoms with Gasteiger partial charge in [0.1, 0.15) is 0 Å². The number of nitrogens with zero attached hydrogens (tertiary/aromatic N) is 2. The first-order chi connectivity index (χ1) is 10.1. The van der Waals surface area contributed by atoms with E-state index in [1.54, 1.807) is 11.0 Å². The summed E-state index contributed by atoms with van der Waals surface area (Å²) in [6, 6.07) is 11.4. The van der Waals surface area contributed by atoms with Gasteiger partial charge in [-0.2, -0.15) is 0 Å². The molecule has 0 saturated heterocycles. The lowest BCUT2D eigenvalue weighted by Gasteiger charge is -2.27. The number of benzene rings is 2. The lowest BCUT2D eigenvalue weighted by atomic mass is 10.0. The molecule has 0 saturated carbocycles. The van der Waals surface area contributed by atoms with Crippen molar-refractivity contribution in [3.8, 4) is 0 Å². The molecule has 0 fully saturated rings. The van der Waals surface area contributed by atoms with E-state index in [0.717, 1.165) is 17.3 Å². The highest BCUT2D eigenvalue weighted by atomic mass is 19.2. The van der Waals surface area contributed by atoms with Gasteiger partial charge >= 0.3 is 0 Å². The third-order valence-corrected chi connectivity index (χ3v) is 3.61. The van der Waals surface area contributed by atoms with Crippen LogP contribution >= 0.6 is 0 Å². The van der Waals surface area contributed by atoms with Gasteiger partial charge in [-0.15, -0.1) is 0 Å². The monoisotopic (exact) mass is 287 g/mol. The average molecular weight is 287 g/mol. The Morgan fingerprint density at radius 3 is 2.71 bits per heavy atom. The first-order valence-electron chi connectivity index (χ1n) is 6.67. The third kappa shape index (κ3) is 2.35. The second-order valence-corrected chi connectivity index (χ2v) is 5.07. The first-order valence-corrected chi connectivity index (χ1v) is 6.67. The van der Waals surface area contributed by atoms with Crippen LogP contribution in [0.2, 0.25) is 0 Å². The second-order valence-electron chi connectivity index (χ2n) is 5.07. The maximum absolute atomic E-state index is 14.1. The number of rotatable bonds is 2. The van der Waals surface area contributed by atoms with E-state index in [4.69, 9.17) is 5.73 Å². The molecule has 2 aromatic carbocycles. The van der Waals surface area contributed by atoms with Crippen LogP contribution in [0.15, 0.2) is 47.5 Å². The minimum atomic E-state index is -0.859. The summed E-state index contributed by atoms with van der Waals surface area (Å²) in [5.74, 6) is -1.39. The molecule has 1 heterocycles. The van der Waals surface area contributed by atoms with E-state index >= 15 is 0 Å². The summed E-state index contributed by atoms with van der Waals surface area (Å²) in [6.45, 7) is 2.27. The van der Waals surface area contributed by atoms with Crippen molar-refractivity contribution in [1.82, 2.24) is 0 Å². The normalized spacial score (nSPS) is 18.0. The van der Waals surface area contributed by atoms with Crippen LogP contribution in [-0.2, 0) is 0 Å². The maximum Gasteiger partial charge on any atom is 0.196 e. The fourth-order valence-corrected chi connectivity index (χ4v) is 2.60. The van der Waals surface area contributed by atoms with Crippen molar-refractivity contribution in [2.24, 2.45) is 10.7 Å². The van der Waals surface area contributed by atoms with Crippen molar-refractivity contribution in [3.05, 3.63) is 65.2 Å². The largest absolute Gasteiger partial charge is 0.369 e.